The summed E-state index contributed by atoms with van der Waals surface area (Å²) in [6.07, 6.45) is 9.93. The van der Waals surface area contributed by atoms with Crippen LogP contribution >= 0.6 is 0 Å². The SMILES string of the molecule is CCOCCCNCCN1CCC[C@H]2CCCC[C@H]21. The van der Waals surface area contributed by atoms with Crippen LogP contribution in [0.2, 0.25) is 0 Å². The van der Waals surface area contributed by atoms with Crippen molar-refractivity contribution < 1.29 is 4.74 Å². The molecule has 1 aliphatic heterocycles. The first-order valence-electron chi connectivity index (χ1n) is 8.44. The van der Waals surface area contributed by atoms with Crippen molar-refractivity contribution in [3.05, 3.63) is 0 Å². The molecule has 3 heteroatoms. The van der Waals surface area contributed by atoms with Crippen molar-refractivity contribution >= 4 is 0 Å². The predicted octanol–water partition coefficient (Wildman–Crippen LogP) is 2.66. The van der Waals surface area contributed by atoms with E-state index in [1.54, 1.807) is 0 Å². The first-order chi connectivity index (χ1) is 9.42. The van der Waals surface area contributed by atoms with E-state index in [-0.39, 0.29) is 0 Å². The minimum absolute atomic E-state index is 0.844. The van der Waals surface area contributed by atoms with Crippen LogP contribution in [0.5, 0.6) is 0 Å². The molecular weight excluding hydrogens is 236 g/mol. The lowest BCUT2D eigenvalue weighted by molar-refractivity contribution is 0.0617. The summed E-state index contributed by atoms with van der Waals surface area (Å²) in [6.45, 7) is 8.63. The number of nitrogens with one attached hydrogen (secondary N) is 1. The maximum atomic E-state index is 5.35. The normalized spacial score (nSPS) is 28.3. The summed E-state index contributed by atoms with van der Waals surface area (Å²) in [5.41, 5.74) is 0. The highest BCUT2D eigenvalue weighted by Gasteiger charge is 2.32. The van der Waals surface area contributed by atoms with Crippen LogP contribution in [0.1, 0.15) is 51.9 Å². The van der Waals surface area contributed by atoms with Gasteiger partial charge in [-0.05, 0) is 58.0 Å². The van der Waals surface area contributed by atoms with Gasteiger partial charge in [-0.2, -0.15) is 0 Å². The molecule has 0 spiro atoms. The summed E-state index contributed by atoms with van der Waals surface area (Å²) >= 11 is 0. The molecule has 0 aromatic rings. The number of hydrogen-bond donors (Lipinski definition) is 1. The monoisotopic (exact) mass is 268 g/mol. The van der Waals surface area contributed by atoms with Gasteiger partial charge in [0.05, 0.1) is 0 Å². The van der Waals surface area contributed by atoms with Crippen LogP contribution in [0.3, 0.4) is 0 Å². The summed E-state index contributed by atoms with van der Waals surface area (Å²) in [5.74, 6) is 1.01. The van der Waals surface area contributed by atoms with E-state index in [0.717, 1.165) is 44.7 Å². The second-order valence-electron chi connectivity index (χ2n) is 6.09. The van der Waals surface area contributed by atoms with Gasteiger partial charge >= 0.3 is 0 Å². The number of nitrogens with zero attached hydrogens (tertiary/aromatic N) is 1. The molecule has 3 nitrogen and oxygen atoms in total. The van der Waals surface area contributed by atoms with Gasteiger partial charge in [-0.3, -0.25) is 4.90 Å². The molecule has 1 N–H and O–H groups in total. The number of hydrogen-bond acceptors (Lipinski definition) is 3. The molecule has 1 saturated carbocycles. The molecule has 0 radical (unpaired) electrons. The van der Waals surface area contributed by atoms with Crippen LogP contribution < -0.4 is 5.32 Å². The van der Waals surface area contributed by atoms with E-state index in [9.17, 15) is 0 Å². The summed E-state index contributed by atoms with van der Waals surface area (Å²) in [7, 11) is 0. The van der Waals surface area contributed by atoms with E-state index in [4.69, 9.17) is 4.74 Å². The van der Waals surface area contributed by atoms with Gasteiger partial charge in [-0.15, -0.1) is 0 Å². The molecule has 0 unspecified atom stereocenters. The highest BCUT2D eigenvalue weighted by Crippen LogP contribution is 2.34. The minimum Gasteiger partial charge on any atom is -0.382 e. The Kier molecular flexibility index (Phi) is 7.18. The van der Waals surface area contributed by atoms with Crippen molar-refractivity contribution in [3.8, 4) is 0 Å². The maximum Gasteiger partial charge on any atom is 0.0477 e. The largest absolute Gasteiger partial charge is 0.382 e. The Morgan fingerprint density at radius 3 is 2.84 bits per heavy atom. The Labute approximate surface area is 119 Å². The third-order valence-electron chi connectivity index (χ3n) is 4.78. The van der Waals surface area contributed by atoms with Crippen molar-refractivity contribution in [2.24, 2.45) is 5.92 Å². The molecule has 1 saturated heterocycles. The molecule has 0 amide bonds. The van der Waals surface area contributed by atoms with E-state index in [1.807, 2.05) is 0 Å². The fraction of sp³-hybridized carbons (Fsp3) is 1.00. The van der Waals surface area contributed by atoms with E-state index in [2.05, 4.69) is 17.1 Å². The van der Waals surface area contributed by atoms with Crippen molar-refractivity contribution in [2.75, 3.05) is 39.4 Å². The fourth-order valence-corrected chi connectivity index (χ4v) is 3.80. The Bertz CT molecular complexity index is 233. The number of rotatable bonds is 8. The molecule has 0 aromatic carbocycles. The number of ether oxygens (including phenoxy) is 1. The second-order valence-corrected chi connectivity index (χ2v) is 6.09. The molecule has 112 valence electrons. The van der Waals surface area contributed by atoms with Gasteiger partial charge in [-0.1, -0.05) is 12.8 Å². The second kappa shape index (κ2) is 8.93. The van der Waals surface area contributed by atoms with Crippen molar-refractivity contribution in [1.29, 1.82) is 0 Å². The van der Waals surface area contributed by atoms with Gasteiger partial charge in [-0.25, -0.2) is 0 Å². The predicted molar refractivity (Wildman–Crippen MR) is 80.5 cm³/mol. The average molecular weight is 268 g/mol. The number of piperidine rings is 1. The smallest absolute Gasteiger partial charge is 0.0477 e. The summed E-state index contributed by atoms with van der Waals surface area (Å²) in [4.78, 5) is 2.77. The molecular formula is C16H32N2O. The van der Waals surface area contributed by atoms with E-state index in [0.29, 0.717) is 0 Å². The van der Waals surface area contributed by atoms with Crippen LogP contribution in [0.4, 0.5) is 0 Å². The van der Waals surface area contributed by atoms with Crippen LogP contribution in [0.15, 0.2) is 0 Å². The Balaban J connectivity index is 1.56. The lowest BCUT2D eigenvalue weighted by atomic mass is 9.78. The van der Waals surface area contributed by atoms with E-state index in [1.165, 1.54) is 51.6 Å². The Morgan fingerprint density at radius 1 is 1.11 bits per heavy atom. The molecule has 2 rings (SSSR count). The maximum absolute atomic E-state index is 5.35. The lowest BCUT2D eigenvalue weighted by Crippen LogP contribution is -2.48. The molecule has 0 aromatic heterocycles. The molecule has 2 aliphatic rings. The van der Waals surface area contributed by atoms with Crippen molar-refractivity contribution in [1.82, 2.24) is 10.2 Å². The molecule has 19 heavy (non-hydrogen) atoms. The van der Waals surface area contributed by atoms with Gasteiger partial charge < -0.3 is 10.1 Å². The number of fused-ring (bicyclic) bond motifs is 1. The van der Waals surface area contributed by atoms with Gasteiger partial charge in [0.25, 0.3) is 0 Å². The minimum atomic E-state index is 0.844. The zero-order valence-corrected chi connectivity index (χ0v) is 12.7. The highest BCUT2D eigenvalue weighted by molar-refractivity contribution is 4.87. The standard InChI is InChI=1S/C16H32N2O/c1-2-19-14-6-10-17-11-13-18-12-5-8-15-7-3-4-9-16(15)18/h15-17H,2-14H2,1H3/t15-,16-/m1/s1. The van der Waals surface area contributed by atoms with Crippen LogP contribution in [-0.4, -0.2) is 50.3 Å². The fourth-order valence-electron chi connectivity index (χ4n) is 3.80. The first-order valence-corrected chi connectivity index (χ1v) is 8.44. The summed E-state index contributed by atoms with van der Waals surface area (Å²) in [5, 5.41) is 3.57. The van der Waals surface area contributed by atoms with Crippen LogP contribution in [-0.2, 0) is 4.74 Å². The summed E-state index contributed by atoms with van der Waals surface area (Å²) in [6, 6.07) is 0.910. The van der Waals surface area contributed by atoms with E-state index >= 15 is 0 Å². The van der Waals surface area contributed by atoms with Crippen molar-refractivity contribution in [3.63, 3.8) is 0 Å². The van der Waals surface area contributed by atoms with Gasteiger partial charge in [0.2, 0.25) is 0 Å². The molecule has 1 aliphatic carbocycles. The molecule has 1 heterocycles. The summed E-state index contributed by atoms with van der Waals surface area (Å²) < 4.78 is 5.35. The van der Waals surface area contributed by atoms with E-state index < -0.39 is 0 Å². The molecule has 0 bridgehead atoms. The quantitative estimate of drug-likeness (QED) is 0.685. The highest BCUT2D eigenvalue weighted by atomic mass is 16.5. The first kappa shape index (κ1) is 15.3. The Morgan fingerprint density at radius 2 is 1.95 bits per heavy atom. The van der Waals surface area contributed by atoms with Gasteiger partial charge in [0, 0.05) is 32.3 Å². The third-order valence-corrected chi connectivity index (χ3v) is 4.78. The van der Waals surface area contributed by atoms with Gasteiger partial charge in [0.15, 0.2) is 0 Å². The van der Waals surface area contributed by atoms with Gasteiger partial charge in [0.1, 0.15) is 0 Å². The number of likely N-dealkylation sites (tertiary alicyclic amines) is 1. The average Bonchev–Trinajstić information content (AvgIpc) is 2.46. The third kappa shape index (κ3) is 5.05. The van der Waals surface area contributed by atoms with Crippen LogP contribution in [0.25, 0.3) is 0 Å². The lowest BCUT2D eigenvalue weighted by Gasteiger charge is -2.44. The molecule has 2 atom stereocenters. The zero-order chi connectivity index (χ0) is 13.3. The topological polar surface area (TPSA) is 24.5 Å². The van der Waals surface area contributed by atoms with Crippen molar-refractivity contribution in [2.45, 2.75) is 57.9 Å². The van der Waals surface area contributed by atoms with Crippen LogP contribution in [0, 0.1) is 5.92 Å². The Hall–Kier alpha value is -0.120. The zero-order valence-electron chi connectivity index (χ0n) is 12.7. The molecule has 2 fully saturated rings.